The maximum atomic E-state index is 14.0. The van der Waals surface area contributed by atoms with E-state index in [1.807, 2.05) is 0 Å². The van der Waals surface area contributed by atoms with Gasteiger partial charge in [-0.3, -0.25) is 9.59 Å². The number of alkyl halides is 3. The first-order valence-corrected chi connectivity index (χ1v) is 13.0. The largest absolute Gasteiger partial charge is 0.511 e. The number of allylic oxidation sites excluding steroid dienone is 3. The van der Waals surface area contributed by atoms with E-state index in [1.54, 1.807) is 20.8 Å². The number of carbonyl (C=O) groups is 2. The molecule has 1 aliphatic carbocycles. The Bertz CT molecular complexity index is 1280. The molecule has 2 N–H and O–H groups in total. The van der Waals surface area contributed by atoms with Gasteiger partial charge in [-0.2, -0.15) is 13.2 Å². The number of aliphatic hydroxyl groups excluding tert-OH is 2. The van der Waals surface area contributed by atoms with Crippen LogP contribution in [0.4, 0.5) is 17.6 Å². The van der Waals surface area contributed by atoms with Crippen molar-refractivity contribution in [2.75, 3.05) is 0 Å². The van der Waals surface area contributed by atoms with Gasteiger partial charge in [-0.15, -0.1) is 0 Å². The third kappa shape index (κ3) is 7.07. The van der Waals surface area contributed by atoms with E-state index in [-0.39, 0.29) is 54.1 Å². The lowest BCUT2D eigenvalue weighted by Crippen LogP contribution is -2.15. The number of hydrogen-bond acceptors (Lipinski definition) is 5. The van der Waals surface area contributed by atoms with Crippen LogP contribution in [0, 0.1) is 11.7 Å². The Morgan fingerprint density at radius 1 is 0.923 bits per heavy atom. The molecule has 39 heavy (non-hydrogen) atoms. The Balaban J connectivity index is 2.01. The predicted octanol–water partition coefficient (Wildman–Crippen LogP) is 8.51. The molecule has 9 heteroatoms. The van der Waals surface area contributed by atoms with Crippen LogP contribution < -0.4 is 4.74 Å². The molecular weight excluding hydrogens is 516 g/mol. The summed E-state index contributed by atoms with van der Waals surface area (Å²) in [5.41, 5.74) is -1.43. The summed E-state index contributed by atoms with van der Waals surface area (Å²) in [6, 6.07) is 8.28. The minimum atomic E-state index is -4.74. The number of aliphatic hydroxyl groups is 2. The lowest BCUT2D eigenvalue weighted by atomic mass is 9.93. The molecule has 0 radical (unpaired) electrons. The molecule has 1 fully saturated rings. The second kappa shape index (κ2) is 12.5. The summed E-state index contributed by atoms with van der Waals surface area (Å²) >= 11 is 0. The van der Waals surface area contributed by atoms with E-state index in [4.69, 9.17) is 4.74 Å². The number of ether oxygens (including phenoxy) is 1. The molecule has 2 atom stereocenters. The zero-order valence-electron chi connectivity index (χ0n) is 22.1. The van der Waals surface area contributed by atoms with Gasteiger partial charge in [-0.05, 0) is 73.6 Å². The first kappa shape index (κ1) is 29.9. The highest BCUT2D eigenvalue weighted by Gasteiger charge is 2.48. The van der Waals surface area contributed by atoms with Crippen molar-refractivity contribution in [3.8, 4) is 11.5 Å². The molecule has 1 aliphatic rings. The summed E-state index contributed by atoms with van der Waals surface area (Å²) in [5.74, 6) is -4.10. The van der Waals surface area contributed by atoms with E-state index >= 15 is 0 Å². The van der Waals surface area contributed by atoms with Crippen LogP contribution in [0.25, 0.3) is 0 Å². The average Bonchev–Trinajstić information content (AvgIpc) is 3.67. The first-order chi connectivity index (χ1) is 18.4. The van der Waals surface area contributed by atoms with Gasteiger partial charge in [0.05, 0.1) is 11.1 Å². The Kier molecular flexibility index (Phi) is 9.59. The Morgan fingerprint density at radius 3 is 2.08 bits per heavy atom. The van der Waals surface area contributed by atoms with E-state index in [1.165, 1.54) is 24.3 Å². The number of rotatable bonds is 12. The maximum absolute atomic E-state index is 14.0. The SMILES string of the molecule is CCCC(=O)C(CC)=C(O)C(C(=O)CCC)=C(O)C1CC1c1ccc(Oc2ccc(F)cc2)cc1C(F)(F)F. The number of halogens is 4. The lowest BCUT2D eigenvalue weighted by molar-refractivity contribution is -0.138. The van der Waals surface area contributed by atoms with Crippen molar-refractivity contribution in [2.24, 2.45) is 5.92 Å². The monoisotopic (exact) mass is 548 g/mol. The fraction of sp³-hybridized carbons (Fsp3) is 0.400. The molecule has 0 bridgehead atoms. The van der Waals surface area contributed by atoms with Crippen LogP contribution in [0.1, 0.15) is 76.3 Å². The number of Topliss-reactive ketones (excluding diaryl/α,β-unsaturated/α-hetero) is 2. The summed E-state index contributed by atoms with van der Waals surface area (Å²) in [5, 5.41) is 22.0. The highest BCUT2D eigenvalue weighted by molar-refractivity contribution is 6.03. The Hall–Kier alpha value is -3.62. The van der Waals surface area contributed by atoms with Gasteiger partial charge >= 0.3 is 6.18 Å². The zero-order chi connectivity index (χ0) is 28.9. The van der Waals surface area contributed by atoms with Crippen LogP contribution in [-0.2, 0) is 15.8 Å². The molecule has 0 heterocycles. The van der Waals surface area contributed by atoms with Crippen LogP contribution in [-0.4, -0.2) is 21.8 Å². The normalized spacial score (nSPS) is 18.2. The second-order valence-electron chi connectivity index (χ2n) is 9.54. The molecule has 5 nitrogen and oxygen atoms in total. The quantitative estimate of drug-likeness (QED) is 0.120. The van der Waals surface area contributed by atoms with E-state index in [2.05, 4.69) is 0 Å². The van der Waals surface area contributed by atoms with E-state index in [0.29, 0.717) is 12.8 Å². The lowest BCUT2D eigenvalue weighted by Gasteiger charge is -2.16. The molecule has 3 rings (SSSR count). The fourth-order valence-corrected chi connectivity index (χ4v) is 4.61. The minimum absolute atomic E-state index is 0.0109. The zero-order valence-corrected chi connectivity index (χ0v) is 22.1. The van der Waals surface area contributed by atoms with Crippen molar-refractivity contribution < 1.29 is 42.1 Å². The van der Waals surface area contributed by atoms with Crippen LogP contribution in [0.2, 0.25) is 0 Å². The predicted molar refractivity (Wildman–Crippen MR) is 138 cm³/mol. The smallest absolute Gasteiger partial charge is 0.416 e. The molecule has 0 aromatic heterocycles. The van der Waals surface area contributed by atoms with Crippen molar-refractivity contribution in [1.82, 2.24) is 0 Å². The maximum Gasteiger partial charge on any atom is 0.416 e. The fourth-order valence-electron chi connectivity index (χ4n) is 4.61. The van der Waals surface area contributed by atoms with Crippen molar-refractivity contribution in [1.29, 1.82) is 0 Å². The van der Waals surface area contributed by atoms with Gasteiger partial charge in [0.25, 0.3) is 0 Å². The van der Waals surface area contributed by atoms with Gasteiger partial charge in [0.2, 0.25) is 0 Å². The molecule has 0 spiro atoms. The van der Waals surface area contributed by atoms with Gasteiger partial charge in [-0.25, -0.2) is 4.39 Å². The highest BCUT2D eigenvalue weighted by Crippen LogP contribution is 2.55. The molecule has 210 valence electrons. The summed E-state index contributed by atoms with van der Waals surface area (Å²) < 4.78 is 60.8. The number of carbonyl (C=O) groups excluding carboxylic acids is 2. The highest BCUT2D eigenvalue weighted by atomic mass is 19.4. The molecule has 2 unspecified atom stereocenters. The van der Waals surface area contributed by atoms with Gasteiger partial charge < -0.3 is 14.9 Å². The van der Waals surface area contributed by atoms with E-state index in [9.17, 15) is 37.4 Å². The minimum Gasteiger partial charge on any atom is -0.511 e. The van der Waals surface area contributed by atoms with Gasteiger partial charge in [-0.1, -0.05) is 26.8 Å². The van der Waals surface area contributed by atoms with E-state index in [0.717, 1.165) is 18.2 Å². The molecule has 2 aromatic rings. The summed E-state index contributed by atoms with van der Waals surface area (Å²) in [7, 11) is 0. The number of hydrogen-bond donors (Lipinski definition) is 2. The van der Waals surface area contributed by atoms with Crippen LogP contribution in [0.5, 0.6) is 11.5 Å². The van der Waals surface area contributed by atoms with Gasteiger partial charge in [0.1, 0.15) is 28.8 Å². The first-order valence-electron chi connectivity index (χ1n) is 13.0. The van der Waals surface area contributed by atoms with Crippen molar-refractivity contribution in [3.05, 3.63) is 82.1 Å². The third-order valence-corrected chi connectivity index (χ3v) is 6.62. The third-order valence-electron chi connectivity index (χ3n) is 6.62. The average molecular weight is 549 g/mol. The summed E-state index contributed by atoms with van der Waals surface area (Å²) in [6.07, 6.45) is -3.42. The molecule has 2 aromatic carbocycles. The molecule has 1 saturated carbocycles. The van der Waals surface area contributed by atoms with Gasteiger partial charge in [0, 0.05) is 24.3 Å². The second-order valence-corrected chi connectivity index (χ2v) is 9.54. The Labute approximate surface area is 224 Å². The Morgan fingerprint density at radius 2 is 1.51 bits per heavy atom. The van der Waals surface area contributed by atoms with Crippen LogP contribution in [0.15, 0.2) is 65.1 Å². The molecule has 0 aliphatic heterocycles. The molecule has 0 saturated heterocycles. The number of ketones is 2. The van der Waals surface area contributed by atoms with Gasteiger partial charge in [0.15, 0.2) is 11.6 Å². The topological polar surface area (TPSA) is 83.8 Å². The van der Waals surface area contributed by atoms with Crippen molar-refractivity contribution >= 4 is 11.6 Å². The standard InChI is InChI=1S/C30H32F4O5/c1-4-7-25(35)20(6-3)28(37)27(26(36)8-5-2)29(38)23-16-22(23)21-14-13-19(15-24(21)30(32,33)34)39-18-11-9-17(31)10-12-18/h9-15,22-23,37-38H,4-8,16H2,1-3H3. The number of benzene rings is 2. The molecular formula is C30H32F4O5. The van der Waals surface area contributed by atoms with Crippen LogP contribution >= 0.6 is 0 Å². The summed E-state index contributed by atoms with van der Waals surface area (Å²) in [4.78, 5) is 25.5. The van der Waals surface area contributed by atoms with E-state index < -0.39 is 52.3 Å². The van der Waals surface area contributed by atoms with Crippen molar-refractivity contribution in [2.45, 2.75) is 71.4 Å². The van der Waals surface area contributed by atoms with Crippen LogP contribution in [0.3, 0.4) is 0 Å². The molecule has 0 amide bonds. The summed E-state index contributed by atoms with van der Waals surface area (Å²) in [6.45, 7) is 5.17. The van der Waals surface area contributed by atoms with Crippen molar-refractivity contribution in [3.63, 3.8) is 0 Å².